The second-order valence-corrected chi connectivity index (χ2v) is 7.49. The summed E-state index contributed by atoms with van der Waals surface area (Å²) in [5, 5.41) is 3.99. The number of hydrogen-bond donors (Lipinski definition) is 2. The first kappa shape index (κ1) is 16.1. The number of aromatic nitrogens is 1. The van der Waals surface area contributed by atoms with E-state index in [2.05, 4.69) is 16.4 Å². The lowest BCUT2D eigenvalue weighted by molar-refractivity contribution is -0.133. The van der Waals surface area contributed by atoms with E-state index in [0.29, 0.717) is 12.2 Å². The van der Waals surface area contributed by atoms with Gasteiger partial charge in [-0.15, -0.1) is 0 Å². The van der Waals surface area contributed by atoms with Crippen LogP contribution in [-0.4, -0.2) is 28.2 Å². The predicted molar refractivity (Wildman–Crippen MR) is 105 cm³/mol. The Morgan fingerprint density at radius 1 is 1.04 bits per heavy atom. The van der Waals surface area contributed by atoms with Gasteiger partial charge in [0.25, 0.3) is 5.91 Å². The molecule has 0 saturated heterocycles. The van der Waals surface area contributed by atoms with Crippen LogP contribution in [0, 0.1) is 5.92 Å². The van der Waals surface area contributed by atoms with Gasteiger partial charge in [-0.25, -0.2) is 0 Å². The van der Waals surface area contributed by atoms with Crippen LogP contribution >= 0.6 is 0 Å². The van der Waals surface area contributed by atoms with E-state index in [-0.39, 0.29) is 17.7 Å². The standard InChI is InChI=1S/C22H21N3O2/c26-21(20-12-16-3-1-2-4-19(16)24-20)23-18-8-7-14-9-10-25(13-17(14)11-18)22(27)15-5-6-15/h1-4,7-8,11-12,15,24H,5-6,9-10,13H2,(H,23,26). The Morgan fingerprint density at radius 2 is 1.89 bits per heavy atom. The average molecular weight is 359 g/mol. The van der Waals surface area contributed by atoms with Crippen molar-refractivity contribution in [2.75, 3.05) is 11.9 Å². The van der Waals surface area contributed by atoms with Gasteiger partial charge < -0.3 is 15.2 Å². The van der Waals surface area contributed by atoms with E-state index in [1.807, 2.05) is 47.4 Å². The third kappa shape index (κ3) is 3.10. The van der Waals surface area contributed by atoms with Gasteiger partial charge in [-0.3, -0.25) is 9.59 Å². The van der Waals surface area contributed by atoms with Crippen LogP contribution in [0.1, 0.15) is 34.5 Å². The van der Waals surface area contributed by atoms with E-state index in [9.17, 15) is 9.59 Å². The normalized spacial score (nSPS) is 16.2. The molecule has 1 aliphatic carbocycles. The zero-order valence-corrected chi connectivity index (χ0v) is 15.0. The van der Waals surface area contributed by atoms with Crippen molar-refractivity contribution in [3.8, 4) is 0 Å². The largest absolute Gasteiger partial charge is 0.351 e. The quantitative estimate of drug-likeness (QED) is 0.749. The second-order valence-electron chi connectivity index (χ2n) is 7.49. The minimum atomic E-state index is -0.159. The van der Waals surface area contributed by atoms with Crippen molar-refractivity contribution in [1.29, 1.82) is 0 Å². The van der Waals surface area contributed by atoms with Gasteiger partial charge in [-0.1, -0.05) is 24.3 Å². The maximum Gasteiger partial charge on any atom is 0.272 e. The molecule has 2 aliphatic rings. The molecule has 3 aromatic rings. The fourth-order valence-electron chi connectivity index (χ4n) is 3.81. The lowest BCUT2D eigenvalue weighted by Crippen LogP contribution is -2.36. The van der Waals surface area contributed by atoms with Crippen LogP contribution in [0.4, 0.5) is 5.69 Å². The highest BCUT2D eigenvalue weighted by atomic mass is 16.2. The van der Waals surface area contributed by atoms with E-state index < -0.39 is 0 Å². The number of rotatable bonds is 3. The van der Waals surface area contributed by atoms with E-state index in [4.69, 9.17) is 0 Å². The smallest absolute Gasteiger partial charge is 0.272 e. The summed E-state index contributed by atoms with van der Waals surface area (Å²) in [4.78, 5) is 30.1. The first-order valence-corrected chi connectivity index (χ1v) is 9.47. The molecule has 1 aliphatic heterocycles. The first-order valence-electron chi connectivity index (χ1n) is 9.47. The summed E-state index contributed by atoms with van der Waals surface area (Å²) in [5.41, 5.74) is 4.64. The van der Waals surface area contributed by atoms with E-state index in [1.165, 1.54) is 5.56 Å². The number of anilines is 1. The monoisotopic (exact) mass is 359 g/mol. The van der Waals surface area contributed by atoms with Crippen LogP contribution in [-0.2, 0) is 17.8 Å². The van der Waals surface area contributed by atoms with E-state index in [0.717, 1.165) is 48.0 Å². The summed E-state index contributed by atoms with van der Waals surface area (Å²) in [5.74, 6) is 0.373. The van der Waals surface area contributed by atoms with E-state index in [1.54, 1.807) is 0 Å². The Kier molecular flexibility index (Phi) is 3.74. The lowest BCUT2D eigenvalue weighted by atomic mass is 9.98. The molecule has 5 rings (SSSR count). The number of carbonyl (C=O) groups is 2. The van der Waals surface area contributed by atoms with Gasteiger partial charge in [0.15, 0.2) is 0 Å². The van der Waals surface area contributed by atoms with Gasteiger partial charge in [0.2, 0.25) is 5.91 Å². The molecule has 5 heteroatoms. The third-order valence-electron chi connectivity index (χ3n) is 5.49. The number of H-pyrrole nitrogens is 1. The number of carbonyl (C=O) groups excluding carboxylic acids is 2. The van der Waals surface area contributed by atoms with Crippen molar-refractivity contribution in [2.45, 2.75) is 25.8 Å². The minimum absolute atomic E-state index is 0.159. The van der Waals surface area contributed by atoms with Crippen molar-refractivity contribution >= 4 is 28.4 Å². The summed E-state index contributed by atoms with van der Waals surface area (Å²) in [6.45, 7) is 1.43. The Bertz CT molecular complexity index is 1020. The summed E-state index contributed by atoms with van der Waals surface area (Å²) in [7, 11) is 0. The maximum atomic E-state index is 12.6. The van der Waals surface area contributed by atoms with Gasteiger partial charge in [0.05, 0.1) is 0 Å². The van der Waals surface area contributed by atoms with Gasteiger partial charge >= 0.3 is 0 Å². The van der Waals surface area contributed by atoms with Crippen LogP contribution in [0.2, 0.25) is 0 Å². The van der Waals surface area contributed by atoms with Crippen molar-refractivity contribution in [2.24, 2.45) is 5.92 Å². The number of nitrogens with one attached hydrogen (secondary N) is 2. The molecule has 136 valence electrons. The molecular formula is C22H21N3O2. The number of amides is 2. The molecule has 0 radical (unpaired) electrons. The number of hydrogen-bond acceptors (Lipinski definition) is 2. The molecule has 5 nitrogen and oxygen atoms in total. The van der Waals surface area contributed by atoms with Crippen molar-refractivity contribution in [3.63, 3.8) is 0 Å². The molecule has 2 N–H and O–H groups in total. The van der Waals surface area contributed by atoms with Crippen molar-refractivity contribution < 1.29 is 9.59 Å². The molecule has 1 saturated carbocycles. The highest BCUT2D eigenvalue weighted by Crippen LogP contribution is 2.33. The lowest BCUT2D eigenvalue weighted by Gasteiger charge is -2.29. The number of benzene rings is 2. The van der Waals surface area contributed by atoms with E-state index >= 15 is 0 Å². The topological polar surface area (TPSA) is 65.2 Å². The predicted octanol–water partition coefficient (Wildman–Crippen LogP) is 3.71. The van der Waals surface area contributed by atoms with Gasteiger partial charge in [0, 0.05) is 35.6 Å². The molecule has 0 unspecified atom stereocenters. The van der Waals surface area contributed by atoms with Crippen LogP contribution in [0.5, 0.6) is 0 Å². The van der Waals surface area contributed by atoms with Crippen molar-refractivity contribution in [3.05, 3.63) is 65.4 Å². The molecule has 0 atom stereocenters. The highest BCUT2D eigenvalue weighted by molar-refractivity contribution is 6.06. The Hall–Kier alpha value is -3.08. The Morgan fingerprint density at radius 3 is 2.70 bits per heavy atom. The van der Waals surface area contributed by atoms with Gasteiger partial charge in [0.1, 0.15) is 5.69 Å². The molecule has 2 aromatic carbocycles. The van der Waals surface area contributed by atoms with Crippen LogP contribution in [0.3, 0.4) is 0 Å². The molecular weight excluding hydrogens is 338 g/mol. The first-order chi connectivity index (χ1) is 13.2. The summed E-state index contributed by atoms with van der Waals surface area (Å²) < 4.78 is 0. The Balaban J connectivity index is 1.34. The minimum Gasteiger partial charge on any atom is -0.351 e. The number of fused-ring (bicyclic) bond motifs is 2. The Labute approximate surface area is 157 Å². The average Bonchev–Trinajstić information content (AvgIpc) is 3.45. The van der Waals surface area contributed by atoms with Crippen LogP contribution in [0.15, 0.2) is 48.5 Å². The van der Waals surface area contributed by atoms with Gasteiger partial charge in [-0.2, -0.15) is 0 Å². The molecule has 0 bridgehead atoms. The number of nitrogens with zero attached hydrogens (tertiary/aromatic N) is 1. The molecule has 1 aromatic heterocycles. The highest BCUT2D eigenvalue weighted by Gasteiger charge is 2.34. The second kappa shape index (κ2) is 6.27. The number of para-hydroxylation sites is 1. The van der Waals surface area contributed by atoms with Crippen LogP contribution in [0.25, 0.3) is 10.9 Å². The van der Waals surface area contributed by atoms with Gasteiger partial charge in [-0.05, 0) is 54.7 Å². The fourth-order valence-corrected chi connectivity index (χ4v) is 3.81. The zero-order chi connectivity index (χ0) is 18.4. The summed E-state index contributed by atoms with van der Waals surface area (Å²) in [6, 6.07) is 15.7. The number of aromatic amines is 1. The molecule has 1 fully saturated rings. The SMILES string of the molecule is O=C(Nc1ccc2c(c1)CN(C(=O)C1CC1)CC2)c1cc2ccccc2[nH]1. The molecule has 2 heterocycles. The van der Waals surface area contributed by atoms with Crippen LogP contribution < -0.4 is 5.32 Å². The zero-order valence-electron chi connectivity index (χ0n) is 15.0. The molecule has 2 amide bonds. The summed E-state index contributed by atoms with van der Waals surface area (Å²) >= 11 is 0. The maximum absolute atomic E-state index is 12.6. The molecule has 27 heavy (non-hydrogen) atoms. The van der Waals surface area contributed by atoms with Crippen molar-refractivity contribution in [1.82, 2.24) is 9.88 Å². The summed E-state index contributed by atoms with van der Waals surface area (Å²) in [6.07, 6.45) is 2.94. The third-order valence-corrected chi connectivity index (χ3v) is 5.49. The molecule has 0 spiro atoms. The fraction of sp³-hybridized carbons (Fsp3) is 0.273.